The Morgan fingerprint density at radius 2 is 1.67 bits per heavy atom. The van der Waals surface area contributed by atoms with Gasteiger partial charge in [-0.05, 0) is 68.0 Å². The molecule has 3 aromatic rings. The van der Waals surface area contributed by atoms with Crippen molar-refractivity contribution in [1.29, 1.82) is 0 Å². The molecule has 2 aromatic carbocycles. The van der Waals surface area contributed by atoms with Gasteiger partial charge < -0.3 is 4.57 Å². The monoisotopic (exact) mass is 505 g/mol. The van der Waals surface area contributed by atoms with Gasteiger partial charge in [0, 0.05) is 22.1 Å². The van der Waals surface area contributed by atoms with Crippen LogP contribution in [0, 0.1) is 19.7 Å². The van der Waals surface area contributed by atoms with E-state index in [1.54, 1.807) is 19.1 Å². The van der Waals surface area contributed by atoms with Crippen molar-refractivity contribution in [2.75, 3.05) is 4.90 Å². The molecule has 1 aliphatic heterocycles. The maximum absolute atomic E-state index is 13.6. The zero-order chi connectivity index (χ0) is 24.0. The SMILES string of the molecule is Cc1cc(/C=C2\C(=O)NC(=O)N(c3ccc(Cl)cc3Cl)C2=O)c(C)n1-c1ccc(F)c(Cl)c1. The van der Waals surface area contributed by atoms with Gasteiger partial charge in [-0.2, -0.15) is 0 Å². The van der Waals surface area contributed by atoms with Crippen LogP contribution in [0.15, 0.2) is 48.0 Å². The van der Waals surface area contributed by atoms with Gasteiger partial charge in [-0.25, -0.2) is 14.1 Å². The van der Waals surface area contributed by atoms with Crippen molar-refractivity contribution in [3.8, 4) is 5.69 Å². The van der Waals surface area contributed by atoms with Crippen LogP contribution in [0.1, 0.15) is 17.0 Å². The molecular weight excluding hydrogens is 492 g/mol. The summed E-state index contributed by atoms with van der Waals surface area (Å²) in [5.41, 5.74) is 2.45. The molecule has 0 atom stereocenters. The van der Waals surface area contributed by atoms with Crippen molar-refractivity contribution < 1.29 is 18.8 Å². The first kappa shape index (κ1) is 23.0. The molecule has 10 heteroatoms. The van der Waals surface area contributed by atoms with Crippen LogP contribution in [0.25, 0.3) is 11.8 Å². The molecule has 168 valence electrons. The van der Waals surface area contributed by atoms with Crippen LogP contribution in [0.3, 0.4) is 0 Å². The van der Waals surface area contributed by atoms with E-state index in [1.165, 1.54) is 36.4 Å². The van der Waals surface area contributed by atoms with E-state index in [0.29, 0.717) is 22.0 Å². The van der Waals surface area contributed by atoms with Crippen molar-refractivity contribution in [2.24, 2.45) is 0 Å². The number of carbonyl (C=O) groups excluding carboxylic acids is 3. The maximum Gasteiger partial charge on any atom is 0.335 e. The summed E-state index contributed by atoms with van der Waals surface area (Å²) in [6.45, 7) is 3.60. The largest absolute Gasteiger partial charge is 0.335 e. The number of hydrogen-bond donors (Lipinski definition) is 1. The lowest BCUT2D eigenvalue weighted by Crippen LogP contribution is -2.54. The van der Waals surface area contributed by atoms with Crippen molar-refractivity contribution in [3.63, 3.8) is 0 Å². The van der Waals surface area contributed by atoms with E-state index >= 15 is 0 Å². The van der Waals surface area contributed by atoms with E-state index in [-0.39, 0.29) is 21.3 Å². The molecule has 1 fully saturated rings. The minimum atomic E-state index is -0.919. The number of carbonyl (C=O) groups is 3. The zero-order valence-electron chi connectivity index (χ0n) is 17.2. The van der Waals surface area contributed by atoms with E-state index < -0.39 is 23.7 Å². The second-order valence-electron chi connectivity index (χ2n) is 7.31. The Morgan fingerprint density at radius 3 is 2.33 bits per heavy atom. The van der Waals surface area contributed by atoms with Crippen LogP contribution in [-0.2, 0) is 9.59 Å². The first-order chi connectivity index (χ1) is 15.6. The second kappa shape index (κ2) is 8.67. The summed E-state index contributed by atoms with van der Waals surface area (Å²) in [5.74, 6) is -2.20. The number of anilines is 1. The number of nitrogens with zero attached hydrogens (tertiary/aromatic N) is 2. The average Bonchev–Trinajstić information content (AvgIpc) is 3.02. The lowest BCUT2D eigenvalue weighted by molar-refractivity contribution is -0.122. The lowest BCUT2D eigenvalue weighted by Gasteiger charge is -2.27. The Kier molecular flexibility index (Phi) is 6.05. The molecule has 0 spiro atoms. The molecule has 0 radical (unpaired) electrons. The molecule has 1 N–H and O–H groups in total. The van der Waals surface area contributed by atoms with Gasteiger partial charge in [0.25, 0.3) is 11.8 Å². The van der Waals surface area contributed by atoms with Gasteiger partial charge in [-0.15, -0.1) is 0 Å². The minimum absolute atomic E-state index is 0.0317. The standard InChI is InChI=1S/C23H15Cl3FN3O3/c1-11-7-13(12(2)29(11)15-4-5-19(27)17(25)10-15)8-16-21(31)28-23(33)30(22(16)32)20-6-3-14(24)9-18(20)26/h3-10H,1-2H3,(H,28,31,33)/b16-8+. The van der Waals surface area contributed by atoms with Gasteiger partial charge in [0.15, 0.2) is 0 Å². The van der Waals surface area contributed by atoms with Crippen molar-refractivity contribution in [3.05, 3.63) is 85.9 Å². The Hall–Kier alpha value is -3.13. The van der Waals surface area contributed by atoms with Gasteiger partial charge in [-0.1, -0.05) is 34.8 Å². The van der Waals surface area contributed by atoms with Crippen LogP contribution in [0.5, 0.6) is 0 Å². The fourth-order valence-corrected chi connectivity index (χ4v) is 4.32. The zero-order valence-corrected chi connectivity index (χ0v) is 19.5. The molecule has 0 saturated carbocycles. The topological polar surface area (TPSA) is 71.4 Å². The van der Waals surface area contributed by atoms with Gasteiger partial charge >= 0.3 is 6.03 Å². The molecule has 2 heterocycles. The number of rotatable bonds is 3. The smallest absolute Gasteiger partial charge is 0.318 e. The predicted octanol–water partition coefficient (Wildman–Crippen LogP) is 5.86. The number of hydrogen-bond acceptors (Lipinski definition) is 3. The van der Waals surface area contributed by atoms with Crippen LogP contribution in [0.2, 0.25) is 15.1 Å². The highest BCUT2D eigenvalue weighted by molar-refractivity contribution is 6.42. The highest BCUT2D eigenvalue weighted by Gasteiger charge is 2.38. The van der Waals surface area contributed by atoms with Crippen LogP contribution in [-0.4, -0.2) is 22.4 Å². The van der Waals surface area contributed by atoms with E-state index in [9.17, 15) is 18.8 Å². The highest BCUT2D eigenvalue weighted by atomic mass is 35.5. The summed E-state index contributed by atoms with van der Waals surface area (Å²) in [7, 11) is 0. The Labute approximate surface area is 203 Å². The number of aryl methyl sites for hydroxylation is 1. The summed E-state index contributed by atoms with van der Waals surface area (Å²) in [6, 6.07) is 9.43. The third-order valence-corrected chi connectivity index (χ3v) is 6.01. The minimum Gasteiger partial charge on any atom is -0.318 e. The number of benzene rings is 2. The van der Waals surface area contributed by atoms with Gasteiger partial charge in [0.2, 0.25) is 0 Å². The fourth-order valence-electron chi connectivity index (χ4n) is 3.65. The summed E-state index contributed by atoms with van der Waals surface area (Å²) in [5, 5.41) is 2.53. The molecule has 0 aliphatic carbocycles. The molecule has 1 aliphatic rings. The Morgan fingerprint density at radius 1 is 0.939 bits per heavy atom. The number of barbiturate groups is 1. The molecular formula is C23H15Cl3FN3O3. The third kappa shape index (κ3) is 4.15. The molecule has 1 aromatic heterocycles. The van der Waals surface area contributed by atoms with Crippen LogP contribution < -0.4 is 10.2 Å². The molecule has 4 amide bonds. The summed E-state index contributed by atoms with van der Waals surface area (Å²) < 4.78 is 15.4. The van der Waals surface area contributed by atoms with E-state index in [2.05, 4.69) is 5.32 Å². The van der Waals surface area contributed by atoms with Crippen molar-refractivity contribution in [1.82, 2.24) is 9.88 Å². The highest BCUT2D eigenvalue weighted by Crippen LogP contribution is 2.32. The first-order valence-electron chi connectivity index (χ1n) is 9.59. The lowest BCUT2D eigenvalue weighted by atomic mass is 10.1. The summed E-state index contributed by atoms with van der Waals surface area (Å²) in [4.78, 5) is 38.9. The molecule has 6 nitrogen and oxygen atoms in total. The fraction of sp³-hybridized carbons (Fsp3) is 0.0870. The normalized spacial score (nSPS) is 15.4. The van der Waals surface area contributed by atoms with Crippen LogP contribution in [0.4, 0.5) is 14.9 Å². The maximum atomic E-state index is 13.6. The third-order valence-electron chi connectivity index (χ3n) is 5.18. The van der Waals surface area contributed by atoms with Gasteiger partial charge in [0.1, 0.15) is 11.4 Å². The number of nitrogens with one attached hydrogen (secondary N) is 1. The molecule has 4 rings (SSSR count). The number of amides is 4. The Bertz CT molecular complexity index is 1380. The molecule has 0 unspecified atom stereocenters. The first-order valence-corrected chi connectivity index (χ1v) is 10.7. The van der Waals surface area contributed by atoms with Crippen LogP contribution >= 0.6 is 34.8 Å². The van der Waals surface area contributed by atoms with Gasteiger partial charge in [0.05, 0.1) is 15.7 Å². The molecule has 33 heavy (non-hydrogen) atoms. The second-order valence-corrected chi connectivity index (χ2v) is 8.56. The number of urea groups is 1. The number of aromatic nitrogens is 1. The van der Waals surface area contributed by atoms with Crippen molar-refractivity contribution >= 4 is 64.4 Å². The quantitative estimate of drug-likeness (QED) is 0.357. The molecule has 0 bridgehead atoms. The summed E-state index contributed by atoms with van der Waals surface area (Å²) in [6.07, 6.45) is 1.39. The number of halogens is 4. The van der Waals surface area contributed by atoms with E-state index in [1.807, 2.05) is 11.5 Å². The molecule has 1 saturated heterocycles. The van der Waals surface area contributed by atoms with E-state index in [4.69, 9.17) is 34.8 Å². The van der Waals surface area contributed by atoms with Gasteiger partial charge in [-0.3, -0.25) is 14.9 Å². The van der Waals surface area contributed by atoms with E-state index in [0.717, 1.165) is 10.6 Å². The number of imide groups is 2. The average molecular weight is 507 g/mol. The Balaban J connectivity index is 1.78. The van der Waals surface area contributed by atoms with Crippen molar-refractivity contribution in [2.45, 2.75) is 13.8 Å². The predicted molar refractivity (Wildman–Crippen MR) is 126 cm³/mol. The summed E-state index contributed by atoms with van der Waals surface area (Å²) >= 11 is 18.0.